The van der Waals surface area contributed by atoms with Crippen molar-refractivity contribution in [2.45, 2.75) is 551 Å². The van der Waals surface area contributed by atoms with Crippen LogP contribution in [0.4, 0.5) is 0 Å². The first-order valence-corrected chi connectivity index (χ1v) is 56.9. The van der Waals surface area contributed by atoms with Gasteiger partial charge >= 0.3 is 61.6 Å². The third kappa shape index (κ3) is 80.2. The summed E-state index contributed by atoms with van der Waals surface area (Å²) in [5.41, 5.74) is -1.55. The fourth-order valence-corrected chi connectivity index (χ4v) is 18.2. The van der Waals surface area contributed by atoms with E-state index in [1.54, 1.807) is 0 Å². The SMILES string of the molecule is CCCCCCCCCCCC/C=C/CCCCCCCCCCOC(=O)c1cccc(S(=O)(=O)[O-])c1C(=O)OCCCCCCCCCC/C=C/CCCCCCCCCCCC.CCCCCCCCCCCC/C=C/CCCCCCCCCCOC(=O)c1cccc(S(=O)(=O)[O-])c1C(=O)OCCCCCCCCCC/C=C/CCCCCCCCCCCC.[Ca+2]. The number of benzene rings is 2. The summed E-state index contributed by atoms with van der Waals surface area (Å²) in [6.07, 6.45) is 118. The van der Waals surface area contributed by atoms with Crippen molar-refractivity contribution in [3.05, 3.63) is 107 Å². The predicted octanol–water partition coefficient (Wildman–Crippen LogP) is 34.9. The Morgan fingerprint density at radius 3 is 0.512 bits per heavy atom. The van der Waals surface area contributed by atoms with Crippen molar-refractivity contribution in [2.24, 2.45) is 0 Å². The maximum absolute atomic E-state index is 13.1. The molecule has 0 radical (unpaired) electrons. The van der Waals surface area contributed by atoms with E-state index in [9.17, 15) is 45.1 Å². The second-order valence-electron chi connectivity index (χ2n) is 37.0. The fraction of sp³-hybridized carbons (Fsp3) is 0.786. The molecule has 2 aromatic carbocycles. The Morgan fingerprint density at radius 1 is 0.217 bits per heavy atom. The Kier molecular flexibility index (Phi) is 93.3. The Hall–Kier alpha value is -3.64. The summed E-state index contributed by atoms with van der Waals surface area (Å²) in [5, 5.41) is 0. The number of hydrogen-bond acceptors (Lipinski definition) is 14. The number of rotatable bonds is 94. The van der Waals surface area contributed by atoms with E-state index in [2.05, 4.69) is 76.3 Å². The molecule has 0 aliphatic heterocycles. The summed E-state index contributed by atoms with van der Waals surface area (Å²) >= 11 is 0. The largest absolute Gasteiger partial charge is 2.00 e. The van der Waals surface area contributed by atoms with Gasteiger partial charge in [-0.1, -0.05) is 474 Å². The van der Waals surface area contributed by atoms with Crippen LogP contribution in [0.1, 0.15) is 583 Å². The van der Waals surface area contributed by atoms with E-state index < -0.39 is 65.0 Å². The number of unbranched alkanes of at least 4 members (excludes halogenated alkanes) is 72. The molecule has 2 rings (SSSR count). The van der Waals surface area contributed by atoms with E-state index in [0.717, 1.165) is 102 Å². The van der Waals surface area contributed by atoms with Gasteiger partial charge in [0.25, 0.3) is 0 Å². The molecule has 0 unspecified atom stereocenters. The van der Waals surface area contributed by atoms with Crippen molar-refractivity contribution in [3.63, 3.8) is 0 Å². The summed E-state index contributed by atoms with van der Waals surface area (Å²) in [6, 6.07) is 7.29. The Bertz CT molecular complexity index is 3020. The number of carbonyl (C=O) groups is 4. The monoisotopic (exact) mass is 1870 g/mol. The molecular weight excluding hydrogens is 1670 g/mol. The first-order chi connectivity index (χ1) is 62.6. The first-order valence-electron chi connectivity index (χ1n) is 54.1. The molecule has 0 aliphatic rings. The second kappa shape index (κ2) is 96.1. The molecule has 0 saturated carbocycles. The molecule has 0 amide bonds. The zero-order valence-corrected chi connectivity index (χ0v) is 87.6. The van der Waals surface area contributed by atoms with Crippen molar-refractivity contribution >= 4 is 81.9 Å². The van der Waals surface area contributed by atoms with Crippen LogP contribution >= 0.6 is 0 Å². The molecule has 0 saturated heterocycles. The maximum atomic E-state index is 13.1. The maximum Gasteiger partial charge on any atom is 2.00 e. The van der Waals surface area contributed by atoms with E-state index in [1.165, 1.54) is 422 Å². The molecule has 0 spiro atoms. The van der Waals surface area contributed by atoms with Gasteiger partial charge in [0.15, 0.2) is 0 Å². The molecule has 0 N–H and O–H groups in total. The minimum atomic E-state index is -5.02. The van der Waals surface area contributed by atoms with Crippen LogP contribution in [-0.2, 0) is 39.2 Å². The molecule has 2 aromatic rings. The van der Waals surface area contributed by atoms with Crippen LogP contribution in [0, 0.1) is 0 Å². The van der Waals surface area contributed by atoms with Gasteiger partial charge in [-0.3, -0.25) is 0 Å². The molecule has 0 aliphatic carbocycles. The van der Waals surface area contributed by atoms with Gasteiger partial charge in [-0.25, -0.2) is 36.0 Å². The van der Waals surface area contributed by atoms with Crippen molar-refractivity contribution in [1.29, 1.82) is 0 Å². The van der Waals surface area contributed by atoms with Gasteiger partial charge in [0.05, 0.1) is 58.5 Å². The van der Waals surface area contributed by atoms with Crippen LogP contribution in [0.2, 0.25) is 0 Å². The standard InChI is InChI=1S/2C56H98O7S.Ca/c2*1-3-5-7-9-11-13-15-17-19-21-23-25-27-29-31-33-35-37-39-41-43-45-50-62-55(57)52-48-47-49-53(64(59,60)61)54(52)56(58)63-51-46-44-42-40-38-36-34-32-30-28-26-24-22-20-18-16-14-12-10-8-6-4-2;/h2*25-28,47-49H,3-24,29-46,50-51H2,1-2H3,(H,59,60,61);/q;;+2/p-2/b2*27-25+,28-26+;. The summed E-state index contributed by atoms with van der Waals surface area (Å²) in [4.78, 5) is 50.7. The van der Waals surface area contributed by atoms with Gasteiger partial charge in [-0.15, -0.1) is 0 Å². The van der Waals surface area contributed by atoms with Gasteiger partial charge in [-0.2, -0.15) is 0 Å². The zero-order chi connectivity index (χ0) is 92.9. The Balaban J connectivity index is 0.00000252. The number of carbonyl (C=O) groups excluding carboxylic acids is 4. The summed E-state index contributed by atoms with van der Waals surface area (Å²) in [6.45, 7) is 9.58. The molecule has 14 nitrogen and oxygen atoms in total. The smallest absolute Gasteiger partial charge is 0.744 e. The number of esters is 4. The summed E-state index contributed by atoms with van der Waals surface area (Å²) in [5.74, 6) is -3.62. The van der Waals surface area contributed by atoms with E-state index in [-0.39, 0.29) is 75.3 Å². The number of allylic oxidation sites excluding steroid dienone is 8. The van der Waals surface area contributed by atoms with Crippen molar-refractivity contribution in [1.82, 2.24) is 0 Å². The molecular formula is C112H194CaO14S2. The van der Waals surface area contributed by atoms with E-state index in [4.69, 9.17) is 18.9 Å². The van der Waals surface area contributed by atoms with Crippen molar-refractivity contribution in [3.8, 4) is 0 Å². The summed E-state index contributed by atoms with van der Waals surface area (Å²) in [7, 11) is -10.0. The van der Waals surface area contributed by atoms with Crippen LogP contribution in [-0.4, -0.2) is 114 Å². The van der Waals surface area contributed by atoms with E-state index in [1.807, 2.05) is 0 Å². The van der Waals surface area contributed by atoms with Gasteiger partial charge < -0.3 is 28.1 Å². The zero-order valence-electron chi connectivity index (χ0n) is 83.7. The molecule has 17 heteroatoms. The molecule has 0 heterocycles. The van der Waals surface area contributed by atoms with E-state index in [0.29, 0.717) is 25.7 Å². The molecule has 0 bridgehead atoms. The van der Waals surface area contributed by atoms with Gasteiger partial charge in [0.2, 0.25) is 0 Å². The van der Waals surface area contributed by atoms with Crippen LogP contribution in [0.3, 0.4) is 0 Å². The van der Waals surface area contributed by atoms with Crippen LogP contribution in [0.25, 0.3) is 0 Å². The normalized spacial score (nSPS) is 11.8. The molecule has 0 atom stereocenters. The third-order valence-electron chi connectivity index (χ3n) is 25.0. The predicted molar refractivity (Wildman–Crippen MR) is 544 cm³/mol. The first kappa shape index (κ1) is 125. The summed E-state index contributed by atoms with van der Waals surface area (Å²) < 4.78 is 94.0. The molecule has 129 heavy (non-hydrogen) atoms. The average molecular weight is 1870 g/mol. The van der Waals surface area contributed by atoms with Gasteiger partial charge in [-0.05, 0) is 153 Å². The fourth-order valence-electron chi connectivity index (χ4n) is 16.8. The van der Waals surface area contributed by atoms with Crippen molar-refractivity contribution in [2.75, 3.05) is 26.4 Å². The minimum absolute atomic E-state index is 0. The Labute approximate surface area is 824 Å². The van der Waals surface area contributed by atoms with Gasteiger partial charge in [0.1, 0.15) is 20.2 Å². The Morgan fingerprint density at radius 2 is 0.357 bits per heavy atom. The molecule has 0 fully saturated rings. The molecule has 740 valence electrons. The third-order valence-corrected chi connectivity index (χ3v) is 26.8. The van der Waals surface area contributed by atoms with Gasteiger partial charge in [0, 0.05) is 0 Å². The van der Waals surface area contributed by atoms with Crippen LogP contribution in [0.15, 0.2) is 94.8 Å². The second-order valence-corrected chi connectivity index (χ2v) is 39.7. The topological polar surface area (TPSA) is 220 Å². The number of hydrogen-bond donors (Lipinski definition) is 0. The quantitative estimate of drug-likeness (QED) is 0.0150. The number of ether oxygens (including phenoxy) is 4. The minimum Gasteiger partial charge on any atom is -0.744 e. The van der Waals surface area contributed by atoms with Crippen molar-refractivity contribution < 1.29 is 64.1 Å². The van der Waals surface area contributed by atoms with Crippen LogP contribution in [0.5, 0.6) is 0 Å². The molecule has 0 aromatic heterocycles. The average Bonchev–Trinajstić information content (AvgIpc) is 0.794. The van der Waals surface area contributed by atoms with Crippen LogP contribution < -0.4 is 0 Å². The van der Waals surface area contributed by atoms with E-state index >= 15 is 0 Å².